The third-order valence-corrected chi connectivity index (χ3v) is 9.41. The van der Waals surface area contributed by atoms with Crippen LogP contribution in [0.4, 0.5) is 0 Å². The van der Waals surface area contributed by atoms with Crippen LogP contribution in [0.5, 0.6) is 11.5 Å². The summed E-state index contributed by atoms with van der Waals surface area (Å²) in [5.74, 6) is 3.84. The van der Waals surface area contributed by atoms with Gasteiger partial charge in [0.2, 0.25) is 11.8 Å². The van der Waals surface area contributed by atoms with Gasteiger partial charge in [-0.2, -0.15) is 15.3 Å². The Bertz CT molecular complexity index is 1780. The highest BCUT2D eigenvalue weighted by Crippen LogP contribution is 2.38. The van der Waals surface area contributed by atoms with E-state index in [0.29, 0.717) is 61.1 Å². The van der Waals surface area contributed by atoms with E-state index in [0.717, 1.165) is 53.3 Å². The summed E-state index contributed by atoms with van der Waals surface area (Å²) in [4.78, 5) is 34.5. The van der Waals surface area contributed by atoms with E-state index in [1.807, 2.05) is 69.1 Å². The Kier molecular flexibility index (Phi) is 8.28. The van der Waals surface area contributed by atoms with E-state index >= 15 is 0 Å². The quantitative estimate of drug-likeness (QED) is 0.190. The summed E-state index contributed by atoms with van der Waals surface area (Å²) in [6.07, 6.45) is 3.23. The highest BCUT2D eigenvalue weighted by molar-refractivity contribution is 5.80. The average Bonchev–Trinajstić information content (AvgIpc) is 3.53. The van der Waals surface area contributed by atoms with Crippen molar-refractivity contribution in [1.29, 1.82) is 0 Å². The maximum Gasteiger partial charge on any atom is 0.223 e. The number of likely N-dealkylation sites (tertiary alicyclic amines) is 2. The topological polar surface area (TPSA) is 106 Å². The van der Waals surface area contributed by atoms with Crippen LogP contribution in [-0.2, 0) is 16.1 Å². The van der Waals surface area contributed by atoms with Gasteiger partial charge in [0.15, 0.2) is 5.82 Å². The average molecular weight is 634 g/mol. The van der Waals surface area contributed by atoms with Crippen LogP contribution in [0.15, 0.2) is 54.6 Å². The molecule has 1 aliphatic carbocycles. The van der Waals surface area contributed by atoms with E-state index in [1.165, 1.54) is 0 Å². The van der Waals surface area contributed by atoms with Crippen molar-refractivity contribution < 1.29 is 14.3 Å². The van der Waals surface area contributed by atoms with Gasteiger partial charge in [-0.15, -0.1) is 0 Å². The fraction of sp³-hybridized carbons (Fsp3) is 0.459. The number of rotatable bonds is 10. The molecule has 2 aromatic heterocycles. The van der Waals surface area contributed by atoms with Gasteiger partial charge in [-0.1, -0.05) is 32.9 Å². The second-order valence-corrected chi connectivity index (χ2v) is 14.0. The van der Waals surface area contributed by atoms with Gasteiger partial charge in [-0.25, -0.2) is 9.67 Å². The van der Waals surface area contributed by atoms with Gasteiger partial charge in [0.1, 0.15) is 17.3 Å². The Balaban J connectivity index is 1.18. The summed E-state index contributed by atoms with van der Waals surface area (Å²) in [5, 5.41) is 13.7. The minimum Gasteiger partial charge on any atom is -0.457 e. The van der Waals surface area contributed by atoms with Gasteiger partial charge in [-0.3, -0.25) is 9.59 Å². The summed E-state index contributed by atoms with van der Waals surface area (Å²) in [5.41, 5.74) is 4.46. The van der Waals surface area contributed by atoms with Crippen LogP contribution in [0.1, 0.15) is 95.3 Å². The molecule has 2 aliphatic heterocycles. The molecule has 2 saturated heterocycles. The number of carbonyl (C=O) groups excluding carboxylic acids is 2. The second kappa shape index (κ2) is 12.5. The molecule has 3 fully saturated rings. The Morgan fingerprint density at radius 1 is 0.872 bits per heavy atom. The smallest absolute Gasteiger partial charge is 0.223 e. The van der Waals surface area contributed by atoms with Gasteiger partial charge in [0.05, 0.1) is 11.4 Å². The highest BCUT2D eigenvalue weighted by Gasteiger charge is 2.41. The maximum atomic E-state index is 12.8. The van der Waals surface area contributed by atoms with Crippen LogP contribution in [0, 0.1) is 5.92 Å². The minimum atomic E-state index is 0.0229. The number of ether oxygens (including phenoxy) is 1. The molecular formula is C37H43N7O3. The van der Waals surface area contributed by atoms with Crippen LogP contribution < -0.4 is 4.74 Å². The third-order valence-electron chi connectivity index (χ3n) is 9.41. The zero-order chi connectivity index (χ0) is 32.8. The molecule has 244 valence electrons. The summed E-state index contributed by atoms with van der Waals surface area (Å²) < 4.78 is 8.51. The van der Waals surface area contributed by atoms with Gasteiger partial charge < -0.3 is 14.5 Å². The third kappa shape index (κ3) is 6.50. The lowest BCUT2D eigenvalue weighted by atomic mass is 10.1. The number of hydrogen-bond donors (Lipinski definition) is 0. The van der Waals surface area contributed by atoms with E-state index in [-0.39, 0.29) is 23.8 Å². The second-order valence-electron chi connectivity index (χ2n) is 14.0. The number of hydrogen-bond acceptors (Lipinski definition) is 7. The molecule has 0 bridgehead atoms. The Labute approximate surface area is 276 Å². The molecule has 0 spiro atoms. The van der Waals surface area contributed by atoms with E-state index in [2.05, 4.69) is 44.8 Å². The molecule has 0 N–H and O–H groups in total. The van der Waals surface area contributed by atoms with Crippen LogP contribution >= 0.6 is 0 Å². The van der Waals surface area contributed by atoms with Crippen LogP contribution in [-0.4, -0.2) is 65.7 Å². The molecular weight excluding hydrogens is 590 g/mol. The molecule has 4 heterocycles. The summed E-state index contributed by atoms with van der Waals surface area (Å²) >= 11 is 0. The summed E-state index contributed by atoms with van der Waals surface area (Å²) in [7, 11) is 0. The van der Waals surface area contributed by atoms with Crippen molar-refractivity contribution >= 4 is 11.8 Å². The Hall–Kier alpha value is -4.60. The van der Waals surface area contributed by atoms with Crippen molar-refractivity contribution in [2.45, 2.75) is 90.8 Å². The van der Waals surface area contributed by atoms with Crippen molar-refractivity contribution in [3.63, 3.8) is 0 Å². The first-order valence-corrected chi connectivity index (χ1v) is 16.9. The lowest BCUT2D eigenvalue weighted by molar-refractivity contribution is -0.129. The predicted octanol–water partition coefficient (Wildman–Crippen LogP) is 6.75. The maximum absolute atomic E-state index is 12.8. The lowest BCUT2D eigenvalue weighted by Crippen LogP contribution is -2.27. The first-order chi connectivity index (χ1) is 22.6. The predicted molar refractivity (Wildman–Crippen MR) is 179 cm³/mol. The van der Waals surface area contributed by atoms with E-state index in [1.54, 1.807) is 0 Å². The van der Waals surface area contributed by atoms with Gasteiger partial charge in [-0.05, 0) is 81.0 Å². The Morgan fingerprint density at radius 3 is 2.28 bits per heavy atom. The molecule has 2 amide bonds. The van der Waals surface area contributed by atoms with Crippen LogP contribution in [0.3, 0.4) is 0 Å². The molecule has 2 aromatic carbocycles. The number of nitrogens with zero attached hydrogens (tertiary/aromatic N) is 7. The van der Waals surface area contributed by atoms with E-state index in [4.69, 9.17) is 14.8 Å². The molecule has 2 unspecified atom stereocenters. The van der Waals surface area contributed by atoms with Crippen LogP contribution in [0.2, 0.25) is 0 Å². The van der Waals surface area contributed by atoms with Crippen molar-refractivity contribution in [2.24, 2.45) is 5.92 Å². The molecule has 0 radical (unpaired) electrons. The van der Waals surface area contributed by atoms with Gasteiger partial charge in [0, 0.05) is 67.2 Å². The van der Waals surface area contributed by atoms with Crippen molar-refractivity contribution in [1.82, 2.24) is 34.8 Å². The molecule has 1 saturated carbocycles. The number of carbonyl (C=O) groups is 2. The molecule has 47 heavy (non-hydrogen) atoms. The standard InChI is InChI=1S/C37H43N7O3/c1-22(2)31-14-15-32(40-39-31)25-8-12-30(13-9-25)47-33-17-26(6-7-27(33)20-42-19-24(5)16-34(42)45)36-38-37(44(41-36)23(3)4)28-18-35(46)43(21-28)29-10-11-29/h6-9,12-15,17,22-24,28-29H,10-11,16,18-21H2,1-5H3. The zero-order valence-corrected chi connectivity index (χ0v) is 27.9. The molecule has 4 aromatic rings. The van der Waals surface area contributed by atoms with E-state index in [9.17, 15) is 9.59 Å². The summed E-state index contributed by atoms with van der Waals surface area (Å²) in [6.45, 7) is 12.4. The summed E-state index contributed by atoms with van der Waals surface area (Å²) in [6, 6.07) is 18.3. The fourth-order valence-corrected chi connectivity index (χ4v) is 6.63. The van der Waals surface area contributed by atoms with Crippen molar-refractivity contribution in [2.75, 3.05) is 13.1 Å². The molecule has 2 atom stereocenters. The number of amides is 2. The first-order valence-electron chi connectivity index (χ1n) is 16.9. The lowest BCUT2D eigenvalue weighted by Gasteiger charge is -2.19. The molecule has 10 heteroatoms. The molecule has 3 aliphatic rings. The fourth-order valence-electron chi connectivity index (χ4n) is 6.63. The monoisotopic (exact) mass is 633 g/mol. The van der Waals surface area contributed by atoms with Crippen molar-refractivity contribution in [3.05, 3.63) is 71.7 Å². The minimum absolute atomic E-state index is 0.0229. The van der Waals surface area contributed by atoms with Gasteiger partial charge in [0.25, 0.3) is 0 Å². The van der Waals surface area contributed by atoms with Crippen LogP contribution in [0.25, 0.3) is 22.6 Å². The molecule has 7 rings (SSSR count). The molecule has 10 nitrogen and oxygen atoms in total. The SMILES string of the molecule is CC1CC(=O)N(Cc2ccc(-c3nc(C4CC(=O)N(C5CC5)C4)n(C(C)C)n3)cc2Oc2ccc(-c3ccc(C(C)C)nn3)cc2)C1. The first kappa shape index (κ1) is 31.0. The Morgan fingerprint density at radius 2 is 1.64 bits per heavy atom. The van der Waals surface area contributed by atoms with E-state index < -0.39 is 0 Å². The van der Waals surface area contributed by atoms with Gasteiger partial charge >= 0.3 is 0 Å². The number of aromatic nitrogens is 5. The largest absolute Gasteiger partial charge is 0.457 e. The zero-order valence-electron chi connectivity index (χ0n) is 27.9. The number of benzene rings is 2. The normalized spacial score (nSPS) is 19.9. The highest BCUT2D eigenvalue weighted by atomic mass is 16.5. The van der Waals surface area contributed by atoms with Crippen molar-refractivity contribution in [3.8, 4) is 34.1 Å².